The number of benzene rings is 2. The fourth-order valence-electron chi connectivity index (χ4n) is 3.24. The van der Waals surface area contributed by atoms with E-state index in [2.05, 4.69) is 9.97 Å². The molecule has 0 aliphatic heterocycles. The van der Waals surface area contributed by atoms with E-state index in [1.54, 1.807) is 6.20 Å². The van der Waals surface area contributed by atoms with Crippen LogP contribution in [0.3, 0.4) is 0 Å². The fraction of sp³-hybridized carbons (Fsp3) is 0.150. The third-order valence-electron chi connectivity index (χ3n) is 4.89. The molecule has 0 saturated carbocycles. The number of fused-ring (bicyclic) bond motifs is 2. The van der Waals surface area contributed by atoms with Gasteiger partial charge in [-0.15, -0.1) is 0 Å². The molecule has 2 heterocycles. The van der Waals surface area contributed by atoms with Crippen molar-refractivity contribution in [1.82, 2.24) is 18.8 Å². The van der Waals surface area contributed by atoms with E-state index in [1.807, 2.05) is 30.3 Å². The molecule has 2 aromatic heterocycles. The molecular formula is C20H18N4O4S. The van der Waals surface area contributed by atoms with Gasteiger partial charge in [-0.25, -0.2) is 13.2 Å². The Hall–Kier alpha value is -3.30. The lowest BCUT2D eigenvalue weighted by Gasteiger charge is -2.18. The van der Waals surface area contributed by atoms with Gasteiger partial charge in [0.15, 0.2) is 0 Å². The maximum absolute atomic E-state index is 13.1. The van der Waals surface area contributed by atoms with Crippen LogP contribution in [0.15, 0.2) is 69.2 Å². The maximum Gasteiger partial charge on any atom is 0.328 e. The Morgan fingerprint density at radius 2 is 1.86 bits per heavy atom. The first-order valence-electron chi connectivity index (χ1n) is 8.81. The second-order valence-corrected chi connectivity index (χ2v) is 8.80. The second kappa shape index (κ2) is 6.94. The van der Waals surface area contributed by atoms with Gasteiger partial charge in [0.1, 0.15) is 0 Å². The van der Waals surface area contributed by atoms with E-state index in [4.69, 9.17) is 0 Å². The van der Waals surface area contributed by atoms with Crippen molar-refractivity contribution in [1.29, 1.82) is 0 Å². The van der Waals surface area contributed by atoms with Gasteiger partial charge in [0.2, 0.25) is 10.0 Å². The van der Waals surface area contributed by atoms with Crippen LogP contribution in [0.25, 0.3) is 21.8 Å². The minimum atomic E-state index is -3.87. The van der Waals surface area contributed by atoms with E-state index in [0.29, 0.717) is 0 Å². The summed E-state index contributed by atoms with van der Waals surface area (Å²) in [5.74, 6) is 0. The summed E-state index contributed by atoms with van der Waals surface area (Å²) in [5, 5.41) is 1.06. The van der Waals surface area contributed by atoms with Crippen molar-refractivity contribution in [2.45, 2.75) is 11.4 Å². The Bertz CT molecular complexity index is 1470. The molecular weight excluding hydrogens is 392 g/mol. The molecule has 2 aromatic carbocycles. The van der Waals surface area contributed by atoms with Gasteiger partial charge in [-0.2, -0.15) is 4.31 Å². The van der Waals surface area contributed by atoms with Crippen molar-refractivity contribution >= 4 is 31.8 Å². The summed E-state index contributed by atoms with van der Waals surface area (Å²) in [6, 6.07) is 13.5. The number of aromatic amines is 1. The SMILES string of the molecule is CN(Cc1cccc2cccnc12)S(=O)(=O)c1ccc2[nH]c(=O)n(C)c(=O)c2c1. The van der Waals surface area contributed by atoms with Crippen LogP contribution in [0.1, 0.15) is 5.56 Å². The highest BCUT2D eigenvalue weighted by Gasteiger charge is 2.23. The minimum absolute atomic E-state index is 0.0233. The zero-order valence-corrected chi connectivity index (χ0v) is 16.6. The number of rotatable bonds is 4. The molecule has 29 heavy (non-hydrogen) atoms. The molecule has 8 nitrogen and oxygen atoms in total. The third-order valence-corrected chi connectivity index (χ3v) is 6.69. The van der Waals surface area contributed by atoms with Crippen LogP contribution in [0, 0.1) is 0 Å². The number of hydrogen-bond donors (Lipinski definition) is 1. The zero-order valence-electron chi connectivity index (χ0n) is 15.8. The molecule has 9 heteroatoms. The van der Waals surface area contributed by atoms with Gasteiger partial charge in [-0.1, -0.05) is 24.3 Å². The molecule has 0 atom stereocenters. The predicted molar refractivity (Wildman–Crippen MR) is 110 cm³/mol. The van der Waals surface area contributed by atoms with E-state index in [1.165, 1.54) is 36.6 Å². The van der Waals surface area contributed by atoms with Gasteiger partial charge in [0, 0.05) is 32.2 Å². The summed E-state index contributed by atoms with van der Waals surface area (Å²) in [7, 11) is -1.06. The number of sulfonamides is 1. The Morgan fingerprint density at radius 1 is 1.10 bits per heavy atom. The molecule has 0 fully saturated rings. The average Bonchev–Trinajstić information content (AvgIpc) is 2.72. The van der Waals surface area contributed by atoms with Gasteiger partial charge < -0.3 is 4.98 Å². The fourth-order valence-corrected chi connectivity index (χ4v) is 4.42. The van der Waals surface area contributed by atoms with E-state index in [9.17, 15) is 18.0 Å². The summed E-state index contributed by atoms with van der Waals surface area (Å²) in [5.41, 5.74) is 0.690. The lowest BCUT2D eigenvalue weighted by molar-refractivity contribution is 0.468. The van der Waals surface area contributed by atoms with E-state index < -0.39 is 21.3 Å². The molecule has 0 unspecified atom stereocenters. The predicted octanol–water partition coefficient (Wildman–Crippen LogP) is 1.60. The molecule has 0 radical (unpaired) electrons. The van der Waals surface area contributed by atoms with Crippen molar-refractivity contribution in [3.05, 3.63) is 81.1 Å². The van der Waals surface area contributed by atoms with Crippen molar-refractivity contribution < 1.29 is 8.42 Å². The Kier molecular flexibility index (Phi) is 4.56. The van der Waals surface area contributed by atoms with Crippen molar-refractivity contribution in [3.8, 4) is 0 Å². The summed E-state index contributed by atoms with van der Waals surface area (Å²) < 4.78 is 28.3. The molecule has 4 aromatic rings. The maximum atomic E-state index is 13.1. The monoisotopic (exact) mass is 410 g/mol. The highest BCUT2D eigenvalue weighted by molar-refractivity contribution is 7.89. The number of pyridine rings is 1. The Labute approximate surface area is 166 Å². The highest BCUT2D eigenvalue weighted by atomic mass is 32.2. The molecule has 0 amide bonds. The number of hydrogen-bond acceptors (Lipinski definition) is 5. The first-order chi connectivity index (χ1) is 13.8. The van der Waals surface area contributed by atoms with Crippen LogP contribution >= 0.6 is 0 Å². The largest absolute Gasteiger partial charge is 0.328 e. The van der Waals surface area contributed by atoms with Gasteiger partial charge in [-0.3, -0.25) is 14.3 Å². The average molecular weight is 410 g/mol. The highest BCUT2D eigenvalue weighted by Crippen LogP contribution is 2.22. The molecule has 0 aliphatic rings. The number of para-hydroxylation sites is 1. The van der Waals surface area contributed by atoms with Gasteiger partial charge >= 0.3 is 5.69 Å². The molecule has 1 N–H and O–H groups in total. The first kappa shape index (κ1) is 19.0. The lowest BCUT2D eigenvalue weighted by Crippen LogP contribution is -2.32. The van der Waals surface area contributed by atoms with Crippen LogP contribution in [-0.4, -0.2) is 34.3 Å². The van der Waals surface area contributed by atoms with Crippen LogP contribution in [0.5, 0.6) is 0 Å². The number of aromatic nitrogens is 3. The minimum Gasteiger partial charge on any atom is -0.307 e. The number of nitrogens with zero attached hydrogens (tertiary/aromatic N) is 3. The zero-order chi connectivity index (χ0) is 20.8. The molecule has 4 rings (SSSR count). The standard InChI is InChI=1S/C20H18N4O4S/c1-23(12-14-6-3-5-13-7-4-10-21-18(13)14)29(27,28)15-8-9-17-16(11-15)19(25)24(2)20(26)22-17/h3-11H,12H2,1-2H3,(H,22,26). The van der Waals surface area contributed by atoms with E-state index in [-0.39, 0.29) is 22.3 Å². The van der Waals surface area contributed by atoms with Crippen LogP contribution in [0.2, 0.25) is 0 Å². The van der Waals surface area contributed by atoms with Crippen molar-refractivity contribution in [2.24, 2.45) is 7.05 Å². The lowest BCUT2D eigenvalue weighted by atomic mass is 10.1. The Morgan fingerprint density at radius 3 is 2.66 bits per heavy atom. The quantitative estimate of drug-likeness (QED) is 0.550. The topological polar surface area (TPSA) is 105 Å². The number of H-pyrrole nitrogens is 1. The molecule has 0 saturated heterocycles. The van der Waals surface area contributed by atoms with Crippen LogP contribution in [0.4, 0.5) is 0 Å². The second-order valence-electron chi connectivity index (χ2n) is 6.76. The van der Waals surface area contributed by atoms with Gasteiger partial charge in [0.25, 0.3) is 5.56 Å². The summed E-state index contributed by atoms with van der Waals surface area (Å²) in [6.45, 7) is 0.123. The molecule has 0 aliphatic carbocycles. The van der Waals surface area contributed by atoms with E-state index in [0.717, 1.165) is 21.0 Å². The summed E-state index contributed by atoms with van der Waals surface area (Å²) in [6.07, 6.45) is 1.67. The molecule has 0 bridgehead atoms. The van der Waals surface area contributed by atoms with Crippen molar-refractivity contribution in [3.63, 3.8) is 0 Å². The van der Waals surface area contributed by atoms with Gasteiger partial charge in [0.05, 0.1) is 21.3 Å². The van der Waals surface area contributed by atoms with Crippen LogP contribution in [-0.2, 0) is 23.6 Å². The molecule has 0 spiro atoms. The first-order valence-corrected chi connectivity index (χ1v) is 10.2. The molecule has 148 valence electrons. The smallest absolute Gasteiger partial charge is 0.307 e. The van der Waals surface area contributed by atoms with Crippen LogP contribution < -0.4 is 11.2 Å². The number of nitrogens with one attached hydrogen (secondary N) is 1. The Balaban J connectivity index is 1.76. The van der Waals surface area contributed by atoms with Crippen molar-refractivity contribution in [2.75, 3.05) is 7.05 Å². The summed E-state index contributed by atoms with van der Waals surface area (Å²) in [4.78, 5) is 31.0. The summed E-state index contributed by atoms with van der Waals surface area (Å²) >= 11 is 0. The van der Waals surface area contributed by atoms with E-state index >= 15 is 0 Å². The third kappa shape index (κ3) is 3.24. The van der Waals surface area contributed by atoms with Gasteiger partial charge in [-0.05, 0) is 29.8 Å². The normalized spacial score (nSPS) is 12.1.